The van der Waals surface area contributed by atoms with Crippen molar-refractivity contribution in [3.8, 4) is 0 Å². The summed E-state index contributed by atoms with van der Waals surface area (Å²) >= 11 is 0. The highest BCUT2D eigenvalue weighted by atomic mass is 16.2. The number of hydrogen-bond acceptors (Lipinski definition) is 2. The number of rotatable bonds is 3. The molecule has 0 aromatic carbocycles. The van der Waals surface area contributed by atoms with Crippen molar-refractivity contribution in [3.05, 3.63) is 0 Å². The topological polar surface area (TPSA) is 49.4 Å². The van der Waals surface area contributed by atoms with Crippen molar-refractivity contribution < 1.29 is 9.59 Å². The van der Waals surface area contributed by atoms with Crippen molar-refractivity contribution in [1.29, 1.82) is 0 Å². The molecule has 1 N–H and O–H groups in total. The van der Waals surface area contributed by atoms with Gasteiger partial charge in [-0.05, 0) is 39.0 Å². The minimum absolute atomic E-state index is 0.0607. The number of piperazine rings is 1. The minimum Gasteiger partial charge on any atom is -0.340 e. The number of nitrogens with one attached hydrogen (secondary N) is 1. The van der Waals surface area contributed by atoms with E-state index in [0.717, 1.165) is 32.1 Å². The molecule has 2 fully saturated rings. The molecule has 0 radical (unpaired) electrons. The van der Waals surface area contributed by atoms with E-state index >= 15 is 0 Å². The van der Waals surface area contributed by atoms with Crippen LogP contribution < -0.4 is 5.32 Å². The largest absolute Gasteiger partial charge is 0.340 e. The van der Waals surface area contributed by atoms with Gasteiger partial charge in [0.25, 0.3) is 0 Å². The molecule has 1 saturated heterocycles. The third-order valence-electron chi connectivity index (χ3n) is 4.76. The summed E-state index contributed by atoms with van der Waals surface area (Å²) in [7, 11) is 0. The Morgan fingerprint density at radius 2 is 1.75 bits per heavy atom. The first-order chi connectivity index (χ1) is 9.29. The van der Waals surface area contributed by atoms with E-state index in [-0.39, 0.29) is 11.8 Å². The molecular weight excluding hydrogens is 252 g/mol. The maximum atomic E-state index is 12.8. The van der Waals surface area contributed by atoms with Crippen LogP contribution in [0.15, 0.2) is 0 Å². The lowest BCUT2D eigenvalue weighted by molar-refractivity contribution is -0.164. The number of carbonyl (C=O) groups is 2. The molecule has 20 heavy (non-hydrogen) atoms. The van der Waals surface area contributed by atoms with Crippen LogP contribution in [0.5, 0.6) is 0 Å². The Morgan fingerprint density at radius 1 is 1.15 bits per heavy atom. The molecule has 2 aliphatic rings. The second-order valence-corrected chi connectivity index (χ2v) is 7.31. The zero-order chi connectivity index (χ0) is 15.0. The monoisotopic (exact) mass is 280 g/mol. The van der Waals surface area contributed by atoms with Gasteiger partial charge in [-0.3, -0.25) is 9.59 Å². The standard InChI is InChI=1S/C16H28N2O2/c1-12(2)8-11-18-14(20)15(3,4)17-13(19)16(18)9-6-5-7-10-16/h12H,5-11H2,1-4H3,(H,17,19). The zero-order valence-corrected chi connectivity index (χ0v) is 13.3. The number of nitrogens with zero attached hydrogens (tertiary/aromatic N) is 1. The second kappa shape index (κ2) is 5.38. The molecule has 4 nitrogen and oxygen atoms in total. The van der Waals surface area contributed by atoms with E-state index in [4.69, 9.17) is 0 Å². The molecule has 4 heteroatoms. The zero-order valence-electron chi connectivity index (χ0n) is 13.3. The predicted octanol–water partition coefficient (Wildman–Crippen LogP) is 2.47. The Kier molecular flexibility index (Phi) is 4.12. The lowest BCUT2D eigenvalue weighted by Gasteiger charge is -2.52. The van der Waals surface area contributed by atoms with Crippen LogP contribution >= 0.6 is 0 Å². The minimum atomic E-state index is -0.767. The maximum Gasteiger partial charge on any atom is 0.248 e. The lowest BCUT2D eigenvalue weighted by Crippen LogP contribution is -2.74. The third kappa shape index (κ3) is 2.57. The van der Waals surface area contributed by atoms with Crippen molar-refractivity contribution >= 4 is 11.8 Å². The molecule has 0 aromatic rings. The fourth-order valence-electron chi connectivity index (χ4n) is 3.44. The first-order valence-electron chi connectivity index (χ1n) is 7.94. The van der Waals surface area contributed by atoms with Crippen molar-refractivity contribution in [1.82, 2.24) is 10.2 Å². The molecule has 0 aromatic heterocycles. The van der Waals surface area contributed by atoms with Gasteiger partial charge in [-0.15, -0.1) is 0 Å². The Labute approximate surface area is 122 Å². The van der Waals surface area contributed by atoms with Gasteiger partial charge >= 0.3 is 0 Å². The Hall–Kier alpha value is -1.06. The van der Waals surface area contributed by atoms with Crippen LogP contribution in [-0.2, 0) is 9.59 Å². The SMILES string of the molecule is CC(C)CCN1C(=O)C(C)(C)NC(=O)C12CCCCC2. The highest BCUT2D eigenvalue weighted by Crippen LogP contribution is 2.38. The normalized spacial score (nSPS) is 25.1. The van der Waals surface area contributed by atoms with Gasteiger partial charge in [-0.25, -0.2) is 0 Å². The fraction of sp³-hybridized carbons (Fsp3) is 0.875. The molecule has 1 spiro atoms. The molecule has 1 aliphatic carbocycles. The van der Waals surface area contributed by atoms with Gasteiger partial charge in [0, 0.05) is 6.54 Å². The summed E-state index contributed by atoms with van der Waals surface area (Å²) in [5, 5.41) is 2.95. The van der Waals surface area contributed by atoms with Gasteiger partial charge in [0.15, 0.2) is 0 Å². The van der Waals surface area contributed by atoms with E-state index in [9.17, 15) is 9.59 Å². The van der Waals surface area contributed by atoms with Crippen LogP contribution in [0.1, 0.15) is 66.2 Å². The van der Waals surface area contributed by atoms with E-state index in [1.54, 1.807) is 0 Å². The Morgan fingerprint density at radius 3 is 2.30 bits per heavy atom. The van der Waals surface area contributed by atoms with Crippen LogP contribution in [0.3, 0.4) is 0 Å². The van der Waals surface area contributed by atoms with Crippen molar-refractivity contribution in [2.75, 3.05) is 6.54 Å². The molecule has 2 rings (SSSR count). The van der Waals surface area contributed by atoms with E-state index in [1.165, 1.54) is 6.42 Å². The van der Waals surface area contributed by atoms with E-state index in [2.05, 4.69) is 19.2 Å². The first-order valence-corrected chi connectivity index (χ1v) is 7.94. The van der Waals surface area contributed by atoms with Crippen molar-refractivity contribution in [3.63, 3.8) is 0 Å². The first kappa shape index (κ1) is 15.3. The van der Waals surface area contributed by atoms with Gasteiger partial charge in [-0.2, -0.15) is 0 Å². The lowest BCUT2D eigenvalue weighted by atomic mass is 9.75. The number of carbonyl (C=O) groups excluding carboxylic acids is 2. The van der Waals surface area contributed by atoms with Crippen LogP contribution in [0.25, 0.3) is 0 Å². The van der Waals surface area contributed by atoms with Gasteiger partial charge < -0.3 is 10.2 Å². The Balaban J connectivity index is 2.30. The summed E-state index contributed by atoms with van der Waals surface area (Å²) in [6.07, 6.45) is 5.84. The molecule has 1 heterocycles. The van der Waals surface area contributed by atoms with Crippen LogP contribution in [-0.4, -0.2) is 34.3 Å². The maximum absolute atomic E-state index is 12.8. The summed E-state index contributed by atoms with van der Waals surface area (Å²) in [4.78, 5) is 27.4. The fourth-order valence-corrected chi connectivity index (χ4v) is 3.44. The smallest absolute Gasteiger partial charge is 0.248 e. The quantitative estimate of drug-likeness (QED) is 0.863. The molecular formula is C16H28N2O2. The highest BCUT2D eigenvalue weighted by molar-refractivity contribution is 6.01. The van der Waals surface area contributed by atoms with E-state index in [0.29, 0.717) is 12.5 Å². The van der Waals surface area contributed by atoms with Gasteiger partial charge in [0.05, 0.1) is 0 Å². The summed E-state index contributed by atoms with van der Waals surface area (Å²) in [5.41, 5.74) is -1.34. The van der Waals surface area contributed by atoms with Crippen LogP contribution in [0, 0.1) is 5.92 Å². The van der Waals surface area contributed by atoms with E-state index in [1.807, 2.05) is 18.7 Å². The third-order valence-corrected chi connectivity index (χ3v) is 4.76. The predicted molar refractivity (Wildman–Crippen MR) is 79.2 cm³/mol. The van der Waals surface area contributed by atoms with Crippen molar-refractivity contribution in [2.24, 2.45) is 5.92 Å². The summed E-state index contributed by atoms with van der Waals surface area (Å²) < 4.78 is 0. The molecule has 0 unspecified atom stereocenters. The van der Waals surface area contributed by atoms with Crippen LogP contribution in [0.2, 0.25) is 0 Å². The second-order valence-electron chi connectivity index (χ2n) is 7.31. The Bertz CT molecular complexity index is 395. The summed E-state index contributed by atoms with van der Waals surface area (Å²) in [6.45, 7) is 8.64. The average molecular weight is 280 g/mol. The molecule has 1 aliphatic heterocycles. The number of amides is 2. The molecule has 0 bridgehead atoms. The van der Waals surface area contributed by atoms with Gasteiger partial charge in [0.2, 0.25) is 11.8 Å². The highest BCUT2D eigenvalue weighted by Gasteiger charge is 2.54. The molecule has 2 amide bonds. The van der Waals surface area contributed by atoms with Crippen molar-refractivity contribution in [2.45, 2.75) is 77.3 Å². The number of hydrogen-bond donors (Lipinski definition) is 1. The van der Waals surface area contributed by atoms with Gasteiger partial charge in [-0.1, -0.05) is 33.1 Å². The van der Waals surface area contributed by atoms with E-state index < -0.39 is 11.1 Å². The average Bonchev–Trinajstić information content (AvgIpc) is 2.37. The van der Waals surface area contributed by atoms with Gasteiger partial charge in [0.1, 0.15) is 11.1 Å². The summed E-state index contributed by atoms with van der Waals surface area (Å²) in [5.74, 6) is 0.682. The van der Waals surface area contributed by atoms with Crippen LogP contribution in [0.4, 0.5) is 0 Å². The summed E-state index contributed by atoms with van der Waals surface area (Å²) in [6, 6.07) is 0. The molecule has 0 atom stereocenters. The molecule has 1 saturated carbocycles. The molecule has 114 valence electrons.